The topological polar surface area (TPSA) is 199 Å². The Morgan fingerprint density at radius 3 is 2.75 bits per heavy atom. The van der Waals surface area contributed by atoms with Gasteiger partial charge in [0.25, 0.3) is 11.8 Å². The van der Waals surface area contributed by atoms with Crippen LogP contribution >= 0.6 is 23.1 Å². The van der Waals surface area contributed by atoms with E-state index in [9.17, 15) is 24.3 Å². The number of carbonyl (C=O) groups excluding carboxylic acids is 3. The fourth-order valence-corrected chi connectivity index (χ4v) is 6.19. The Bertz CT molecular complexity index is 1150. The number of hydrogen-bond donors (Lipinski definition) is 4. The Kier molecular flexibility index (Phi) is 7.49. The number of thiazole rings is 1. The SMILES string of the molecule is C[N+]1(CC2=C(C(=O)[O-])N3C(=O)[C@@H](NC(=O)C(=NOCC(=O)O)c4csc(N)n4)[C@H]3SC2)CCNCC1. The third-order valence-corrected chi connectivity index (χ3v) is 8.09. The summed E-state index contributed by atoms with van der Waals surface area (Å²) in [5, 5.41) is 31.2. The summed E-state index contributed by atoms with van der Waals surface area (Å²) in [4.78, 5) is 58.6. The first-order chi connectivity index (χ1) is 17.1. The van der Waals surface area contributed by atoms with Crippen molar-refractivity contribution < 1.29 is 38.7 Å². The monoisotopic (exact) mass is 539 g/mol. The Hall–Kier alpha value is -3.21. The summed E-state index contributed by atoms with van der Waals surface area (Å²) in [6.07, 6.45) is 0. The zero-order valence-electron chi connectivity index (χ0n) is 19.3. The van der Waals surface area contributed by atoms with E-state index in [1.165, 1.54) is 17.1 Å². The number of hydrogen-bond acceptors (Lipinski definition) is 12. The number of oxime groups is 1. The van der Waals surface area contributed by atoms with Gasteiger partial charge in [-0.05, 0) is 0 Å². The molecule has 194 valence electrons. The average molecular weight is 540 g/mol. The van der Waals surface area contributed by atoms with Crippen LogP contribution in [0.15, 0.2) is 21.8 Å². The maximum absolute atomic E-state index is 13.0. The van der Waals surface area contributed by atoms with Crippen LogP contribution in [0, 0.1) is 0 Å². The first kappa shape index (κ1) is 25.9. The van der Waals surface area contributed by atoms with E-state index in [1.54, 1.807) is 0 Å². The fourth-order valence-electron chi connectivity index (χ4n) is 4.31. The van der Waals surface area contributed by atoms with E-state index in [1.807, 2.05) is 0 Å². The van der Waals surface area contributed by atoms with Gasteiger partial charge >= 0.3 is 5.97 Å². The van der Waals surface area contributed by atoms with Gasteiger partial charge in [-0.25, -0.2) is 9.78 Å². The van der Waals surface area contributed by atoms with Crippen molar-refractivity contribution in [3.05, 3.63) is 22.3 Å². The number of carboxylic acid groups (broad SMARTS) is 2. The molecule has 0 radical (unpaired) electrons. The minimum Gasteiger partial charge on any atom is -0.543 e. The predicted molar refractivity (Wildman–Crippen MR) is 127 cm³/mol. The zero-order chi connectivity index (χ0) is 26.0. The summed E-state index contributed by atoms with van der Waals surface area (Å²) in [6, 6.07) is -1.02. The van der Waals surface area contributed by atoms with Gasteiger partial charge in [-0.15, -0.1) is 23.1 Å². The molecular weight excluding hydrogens is 514 g/mol. The molecule has 0 unspecified atom stereocenters. The number of anilines is 1. The molecule has 0 spiro atoms. The molecule has 0 aromatic carbocycles. The number of carbonyl (C=O) groups is 4. The van der Waals surface area contributed by atoms with Crippen molar-refractivity contribution in [3.63, 3.8) is 0 Å². The Morgan fingerprint density at radius 2 is 2.14 bits per heavy atom. The summed E-state index contributed by atoms with van der Waals surface area (Å²) in [7, 11) is 2.05. The first-order valence-corrected chi connectivity index (χ1v) is 12.9. The number of amides is 2. The highest BCUT2D eigenvalue weighted by Crippen LogP contribution is 2.40. The van der Waals surface area contributed by atoms with Crippen LogP contribution in [0.2, 0.25) is 0 Å². The quantitative estimate of drug-likeness (QED) is 0.108. The Labute approximate surface area is 213 Å². The number of β-lactam (4-membered cyclic amide) rings is 1. The van der Waals surface area contributed by atoms with Crippen LogP contribution in [0.25, 0.3) is 0 Å². The van der Waals surface area contributed by atoms with Gasteiger partial charge in [-0.1, -0.05) is 5.16 Å². The number of nitrogen functional groups attached to an aromatic ring is 1. The van der Waals surface area contributed by atoms with E-state index in [2.05, 4.69) is 27.8 Å². The fraction of sp³-hybridized carbons (Fsp3) is 0.500. The number of fused-ring (bicyclic) bond motifs is 1. The molecule has 0 bridgehead atoms. The van der Waals surface area contributed by atoms with Crippen molar-refractivity contribution in [3.8, 4) is 0 Å². The maximum Gasteiger partial charge on any atom is 0.344 e. The summed E-state index contributed by atoms with van der Waals surface area (Å²) in [5.74, 6) is -3.79. The summed E-state index contributed by atoms with van der Waals surface area (Å²) in [6.45, 7) is 2.99. The van der Waals surface area contributed by atoms with E-state index >= 15 is 0 Å². The molecule has 36 heavy (non-hydrogen) atoms. The number of aromatic nitrogens is 1. The molecule has 0 aliphatic carbocycles. The van der Waals surface area contributed by atoms with Gasteiger partial charge in [0, 0.05) is 29.8 Å². The lowest BCUT2D eigenvalue weighted by molar-refractivity contribution is -0.906. The zero-order valence-corrected chi connectivity index (χ0v) is 20.9. The first-order valence-electron chi connectivity index (χ1n) is 11.0. The van der Waals surface area contributed by atoms with Crippen LogP contribution in [0.4, 0.5) is 5.13 Å². The van der Waals surface area contributed by atoms with E-state index in [0.29, 0.717) is 22.4 Å². The van der Waals surface area contributed by atoms with Crippen LogP contribution < -0.4 is 21.5 Å². The number of aliphatic carboxylic acids is 2. The van der Waals surface area contributed by atoms with Crippen LogP contribution in [-0.2, 0) is 24.0 Å². The molecule has 14 nitrogen and oxygen atoms in total. The molecule has 2 atom stereocenters. The van der Waals surface area contributed by atoms with Crippen molar-refractivity contribution in [1.82, 2.24) is 20.5 Å². The normalized spacial score (nSPS) is 23.5. The summed E-state index contributed by atoms with van der Waals surface area (Å²) < 4.78 is 0.652. The van der Waals surface area contributed by atoms with E-state index < -0.39 is 41.8 Å². The third kappa shape index (κ3) is 5.30. The third-order valence-electron chi connectivity index (χ3n) is 6.08. The lowest BCUT2D eigenvalue weighted by Gasteiger charge is -2.51. The number of nitrogens with one attached hydrogen (secondary N) is 2. The maximum atomic E-state index is 13.0. The van der Waals surface area contributed by atoms with Crippen molar-refractivity contribution in [2.24, 2.45) is 5.16 Å². The Balaban J connectivity index is 1.51. The second-order valence-corrected chi connectivity index (χ2v) is 10.7. The molecular formula is C20H25N7O7S2. The smallest absolute Gasteiger partial charge is 0.344 e. The minimum absolute atomic E-state index is 0.0471. The van der Waals surface area contributed by atoms with Crippen LogP contribution in [0.5, 0.6) is 0 Å². The number of rotatable bonds is 9. The number of quaternary nitrogens is 1. The highest BCUT2D eigenvalue weighted by Gasteiger charge is 2.53. The second kappa shape index (κ2) is 10.4. The van der Waals surface area contributed by atoms with Crippen molar-refractivity contribution in [2.75, 3.05) is 57.9 Å². The summed E-state index contributed by atoms with van der Waals surface area (Å²) in [5.41, 5.74) is 5.80. The molecule has 16 heteroatoms. The number of thioether (sulfide) groups is 1. The van der Waals surface area contributed by atoms with Crippen molar-refractivity contribution >= 4 is 57.7 Å². The van der Waals surface area contributed by atoms with Gasteiger partial charge < -0.3 is 40.7 Å². The largest absolute Gasteiger partial charge is 0.543 e. The highest BCUT2D eigenvalue weighted by molar-refractivity contribution is 8.00. The predicted octanol–water partition coefficient (Wildman–Crippen LogP) is -3.02. The molecule has 0 saturated carbocycles. The summed E-state index contributed by atoms with van der Waals surface area (Å²) >= 11 is 2.39. The van der Waals surface area contributed by atoms with Gasteiger partial charge in [0.1, 0.15) is 23.7 Å². The van der Waals surface area contributed by atoms with Crippen molar-refractivity contribution in [2.45, 2.75) is 11.4 Å². The highest BCUT2D eigenvalue weighted by atomic mass is 32.2. The van der Waals surface area contributed by atoms with Gasteiger partial charge in [-0.2, -0.15) is 0 Å². The number of likely N-dealkylation sites (N-methyl/N-ethyl adjacent to an activating group) is 1. The van der Waals surface area contributed by atoms with Crippen LogP contribution in [-0.4, -0.2) is 112 Å². The minimum atomic E-state index is -1.43. The molecule has 4 rings (SSSR count). The van der Waals surface area contributed by atoms with E-state index in [0.717, 1.165) is 42.4 Å². The molecule has 2 amide bonds. The molecule has 5 N–H and O–H groups in total. The molecule has 1 aromatic heterocycles. The number of piperazine rings is 1. The average Bonchev–Trinajstić information content (AvgIpc) is 3.25. The number of nitrogens with zero attached hydrogens (tertiary/aromatic N) is 4. The lowest BCUT2D eigenvalue weighted by atomic mass is 10.0. The molecule has 2 fully saturated rings. The van der Waals surface area contributed by atoms with E-state index in [4.69, 9.17) is 15.7 Å². The molecule has 1 aromatic rings. The van der Waals surface area contributed by atoms with Gasteiger partial charge in [-0.3, -0.25) is 14.5 Å². The second-order valence-electron chi connectivity index (χ2n) is 8.75. The van der Waals surface area contributed by atoms with Crippen molar-refractivity contribution in [1.29, 1.82) is 0 Å². The number of nitrogens with two attached hydrogens (primary N) is 1. The van der Waals surface area contributed by atoms with Gasteiger partial charge in [0.15, 0.2) is 10.8 Å². The lowest BCUT2D eigenvalue weighted by Crippen LogP contribution is -2.72. The van der Waals surface area contributed by atoms with Crippen LogP contribution in [0.3, 0.4) is 0 Å². The molecule has 3 aliphatic heterocycles. The standard InChI is InChI=1S/C20H25N7O7S2/c1-27(4-2-22-3-5-27)6-10-8-35-18-14(17(31)26(18)15(10)19(32)33)24-16(30)13(25-34-7-12(28)29)11-9-36-20(21)23-11/h9,14,18,22H,2-8H2,1H3,(H4-,21,23,24,28,29,30,32,33)/t14-,18-/m1/s1. The molecule has 3 aliphatic rings. The van der Waals surface area contributed by atoms with Gasteiger partial charge in [0.05, 0.1) is 31.8 Å². The van der Waals surface area contributed by atoms with Gasteiger partial charge in [0.2, 0.25) is 6.61 Å². The Morgan fingerprint density at radius 1 is 1.42 bits per heavy atom. The number of carboxylic acids is 2. The molecule has 2 saturated heterocycles. The van der Waals surface area contributed by atoms with Crippen LogP contribution in [0.1, 0.15) is 5.69 Å². The molecule has 4 heterocycles. The van der Waals surface area contributed by atoms with E-state index in [-0.39, 0.29) is 22.2 Å².